The zero-order valence-electron chi connectivity index (χ0n) is 9.09. The van der Waals surface area contributed by atoms with Gasteiger partial charge in [0.25, 0.3) is 0 Å². The van der Waals surface area contributed by atoms with E-state index in [1.807, 2.05) is 0 Å². The van der Waals surface area contributed by atoms with Crippen LogP contribution in [0.5, 0.6) is 0 Å². The first-order valence-electron chi connectivity index (χ1n) is 4.74. The molecule has 0 aliphatic heterocycles. The fourth-order valence-electron chi connectivity index (χ4n) is 1.02. The predicted molar refractivity (Wildman–Crippen MR) is 61.0 cm³/mol. The van der Waals surface area contributed by atoms with Crippen LogP contribution in [-0.4, -0.2) is 23.8 Å². The summed E-state index contributed by atoms with van der Waals surface area (Å²) in [6, 6.07) is 0. The van der Waals surface area contributed by atoms with Crippen LogP contribution < -0.4 is 0 Å². The van der Waals surface area contributed by atoms with Crippen LogP contribution in [0.25, 0.3) is 0 Å². The van der Waals surface area contributed by atoms with Gasteiger partial charge in [0.15, 0.2) is 5.78 Å². The van der Waals surface area contributed by atoms with Crippen LogP contribution in [0.3, 0.4) is 0 Å². The average molecular weight is 227 g/mol. The van der Waals surface area contributed by atoms with E-state index in [4.69, 9.17) is 0 Å². The first kappa shape index (κ1) is 14.3. The van der Waals surface area contributed by atoms with Gasteiger partial charge in [0.05, 0.1) is 0 Å². The minimum absolute atomic E-state index is 0.104. The van der Waals surface area contributed by atoms with Gasteiger partial charge in [0.1, 0.15) is 0 Å². The van der Waals surface area contributed by atoms with Gasteiger partial charge in [-0.25, -0.2) is 0 Å². The molecule has 0 unspecified atom stereocenters. The van der Waals surface area contributed by atoms with E-state index < -0.39 is 17.6 Å². The second-order valence-electron chi connectivity index (χ2n) is 3.00. The number of carbonyl (C=O) groups excluding carboxylic acids is 1. The molecule has 0 aromatic carbocycles. The van der Waals surface area contributed by atoms with Crippen LogP contribution in [-0.2, 0) is 4.79 Å². The van der Waals surface area contributed by atoms with Crippen LogP contribution in [0.4, 0.5) is 8.78 Å². The van der Waals surface area contributed by atoms with Crippen LogP contribution in [0.2, 0.25) is 0 Å². The smallest absolute Gasteiger partial charge is 0.230 e. The summed E-state index contributed by atoms with van der Waals surface area (Å²) in [6.45, 7) is 10.3. The van der Waals surface area contributed by atoms with Gasteiger partial charge < -0.3 is 4.90 Å². The maximum Gasteiger partial charge on any atom is 0.230 e. The second-order valence-corrected chi connectivity index (χ2v) is 3.00. The molecule has 88 valence electrons. The Morgan fingerprint density at radius 2 is 1.56 bits per heavy atom. The molecule has 0 amide bonds. The molecule has 0 aromatic rings. The third-order valence-electron chi connectivity index (χ3n) is 1.73. The van der Waals surface area contributed by atoms with Gasteiger partial charge in [-0.1, -0.05) is 18.2 Å². The van der Waals surface area contributed by atoms with Crippen molar-refractivity contribution in [2.75, 3.05) is 13.1 Å². The van der Waals surface area contributed by atoms with Crippen molar-refractivity contribution in [2.45, 2.75) is 6.42 Å². The highest BCUT2D eigenvalue weighted by Gasteiger charge is 2.18. The highest BCUT2D eigenvalue weighted by Crippen LogP contribution is 2.16. The molecule has 4 heteroatoms. The van der Waals surface area contributed by atoms with E-state index >= 15 is 0 Å². The van der Waals surface area contributed by atoms with Crippen molar-refractivity contribution in [2.24, 2.45) is 0 Å². The molecule has 0 aromatic heterocycles. The predicted octanol–water partition coefficient (Wildman–Crippen LogP) is 2.91. The molecule has 0 aliphatic rings. The van der Waals surface area contributed by atoms with Gasteiger partial charge in [0, 0.05) is 19.5 Å². The summed E-state index contributed by atoms with van der Waals surface area (Å²) in [4.78, 5) is 12.1. The zero-order valence-corrected chi connectivity index (χ0v) is 9.09. The number of rotatable bonds is 8. The van der Waals surface area contributed by atoms with E-state index in [9.17, 15) is 13.6 Å². The van der Waals surface area contributed by atoms with Crippen molar-refractivity contribution in [1.29, 1.82) is 0 Å². The summed E-state index contributed by atoms with van der Waals surface area (Å²) in [7, 11) is 0. The van der Waals surface area contributed by atoms with E-state index in [-0.39, 0.29) is 19.5 Å². The third kappa shape index (κ3) is 4.21. The van der Waals surface area contributed by atoms with E-state index in [0.29, 0.717) is 0 Å². The highest BCUT2D eigenvalue weighted by molar-refractivity contribution is 5.94. The molecule has 16 heavy (non-hydrogen) atoms. The number of allylic oxidation sites excluding steroid dienone is 2. The first-order valence-corrected chi connectivity index (χ1v) is 4.74. The molecular formula is C12H15F2NO. The summed E-state index contributed by atoms with van der Waals surface area (Å²) in [6.07, 6.45) is 3.82. The normalized spacial score (nSPS) is 11.4. The van der Waals surface area contributed by atoms with Crippen LogP contribution >= 0.6 is 0 Å². The molecule has 0 N–H and O–H groups in total. The Morgan fingerprint density at radius 3 is 1.94 bits per heavy atom. The van der Waals surface area contributed by atoms with Crippen molar-refractivity contribution in [3.8, 4) is 0 Å². The summed E-state index contributed by atoms with van der Waals surface area (Å²) in [5.41, 5.74) is 0. The molecule has 0 rings (SSSR count). The fraction of sp³-hybridized carbons (Fsp3) is 0.250. The standard InChI is InChI=1S/C12H15F2NO/c1-4-7-10(16)11(13)12(14)15(8-5-2)9-6-3/h4-6H,1-3,7-9H2. The monoisotopic (exact) mass is 227 g/mol. The fourth-order valence-corrected chi connectivity index (χ4v) is 1.02. The number of hydrogen-bond acceptors (Lipinski definition) is 2. The average Bonchev–Trinajstić information content (AvgIpc) is 2.27. The molecule has 0 radical (unpaired) electrons. The molecule has 0 saturated carbocycles. The van der Waals surface area contributed by atoms with Gasteiger partial charge in [0.2, 0.25) is 11.8 Å². The maximum absolute atomic E-state index is 13.5. The van der Waals surface area contributed by atoms with E-state index in [0.717, 1.165) is 4.90 Å². The second kappa shape index (κ2) is 7.56. The SMILES string of the molecule is C=CCC(=O)C(F)=C(F)N(CC=C)CC=C. The van der Waals surface area contributed by atoms with Crippen molar-refractivity contribution in [3.63, 3.8) is 0 Å². The molecular weight excluding hydrogens is 212 g/mol. The number of Topliss-reactive ketones (excluding diaryl/α,β-unsaturated/α-hetero) is 1. The van der Waals surface area contributed by atoms with Crippen molar-refractivity contribution in [3.05, 3.63) is 49.7 Å². The third-order valence-corrected chi connectivity index (χ3v) is 1.73. The molecule has 0 atom stereocenters. The number of carbonyl (C=O) groups is 1. The molecule has 0 saturated heterocycles. The highest BCUT2D eigenvalue weighted by atomic mass is 19.2. The maximum atomic E-state index is 13.5. The number of ketones is 1. The van der Waals surface area contributed by atoms with E-state index in [2.05, 4.69) is 19.7 Å². The Bertz CT molecular complexity index is 311. The number of halogens is 2. The quantitative estimate of drug-likeness (QED) is 0.361. The van der Waals surface area contributed by atoms with Gasteiger partial charge in [-0.2, -0.15) is 8.78 Å². The van der Waals surface area contributed by atoms with E-state index in [1.54, 1.807) is 0 Å². The molecule has 0 heterocycles. The molecule has 0 fully saturated rings. The van der Waals surface area contributed by atoms with Crippen LogP contribution in [0, 0.1) is 0 Å². The number of nitrogens with zero attached hydrogens (tertiary/aromatic N) is 1. The largest absolute Gasteiger partial charge is 0.339 e. The Balaban J connectivity index is 4.90. The number of hydrogen-bond donors (Lipinski definition) is 0. The Labute approximate surface area is 94.2 Å². The Hall–Kier alpha value is -1.71. The van der Waals surface area contributed by atoms with Gasteiger partial charge in [-0.15, -0.1) is 19.7 Å². The van der Waals surface area contributed by atoms with Crippen molar-refractivity contribution >= 4 is 5.78 Å². The summed E-state index contributed by atoms with van der Waals surface area (Å²) >= 11 is 0. The lowest BCUT2D eigenvalue weighted by Gasteiger charge is -2.18. The zero-order chi connectivity index (χ0) is 12.6. The summed E-state index contributed by atoms with van der Waals surface area (Å²) in [5.74, 6) is -3.50. The van der Waals surface area contributed by atoms with Gasteiger partial charge in [-0.3, -0.25) is 4.79 Å². The van der Waals surface area contributed by atoms with Gasteiger partial charge in [-0.05, 0) is 0 Å². The minimum atomic E-state index is -1.39. The first-order chi connectivity index (χ1) is 7.58. The Morgan fingerprint density at radius 1 is 1.06 bits per heavy atom. The van der Waals surface area contributed by atoms with Gasteiger partial charge >= 0.3 is 0 Å². The lowest BCUT2D eigenvalue weighted by Crippen LogP contribution is -2.23. The van der Waals surface area contributed by atoms with Crippen molar-refractivity contribution < 1.29 is 13.6 Å². The lowest BCUT2D eigenvalue weighted by molar-refractivity contribution is -0.116. The minimum Gasteiger partial charge on any atom is -0.339 e. The topological polar surface area (TPSA) is 20.3 Å². The molecule has 0 spiro atoms. The van der Waals surface area contributed by atoms with E-state index in [1.165, 1.54) is 18.2 Å². The molecule has 0 aliphatic carbocycles. The lowest BCUT2D eigenvalue weighted by atomic mass is 10.2. The molecule has 2 nitrogen and oxygen atoms in total. The summed E-state index contributed by atoms with van der Waals surface area (Å²) in [5, 5.41) is 0. The van der Waals surface area contributed by atoms with Crippen LogP contribution in [0.1, 0.15) is 6.42 Å². The van der Waals surface area contributed by atoms with Crippen LogP contribution in [0.15, 0.2) is 49.7 Å². The summed E-state index contributed by atoms with van der Waals surface area (Å²) < 4.78 is 26.8. The molecule has 0 bridgehead atoms. The van der Waals surface area contributed by atoms with Crippen molar-refractivity contribution in [1.82, 2.24) is 4.90 Å². The Kier molecular flexibility index (Phi) is 6.76.